The van der Waals surface area contributed by atoms with Crippen molar-refractivity contribution in [3.05, 3.63) is 59.7 Å². The molecule has 8 nitrogen and oxygen atoms in total. The van der Waals surface area contributed by atoms with Gasteiger partial charge in [-0.05, 0) is 37.1 Å². The molecular weight excluding hydrogens is 399 g/mol. The number of methoxy groups -OCH3 is 1. The van der Waals surface area contributed by atoms with Gasteiger partial charge in [-0.25, -0.2) is 9.78 Å². The van der Waals surface area contributed by atoms with E-state index >= 15 is 0 Å². The van der Waals surface area contributed by atoms with Crippen LogP contribution in [0.15, 0.2) is 36.8 Å². The van der Waals surface area contributed by atoms with Crippen LogP contribution in [0.1, 0.15) is 40.5 Å². The normalized spacial score (nSPS) is 14.3. The van der Waals surface area contributed by atoms with Crippen molar-refractivity contribution in [1.82, 2.24) is 19.7 Å². The zero-order valence-corrected chi connectivity index (χ0v) is 17.2. The molecule has 0 amide bonds. The van der Waals surface area contributed by atoms with E-state index in [1.165, 1.54) is 25.4 Å². The molecule has 0 unspecified atom stereocenters. The second-order valence-corrected chi connectivity index (χ2v) is 7.45. The number of hydrogen-bond acceptors (Lipinski definition) is 7. The SMILES string of the molecule is COC(=O)c1cc(C#N)c(N2CCC(c3nncn3C)CC2)c(-c2ccc(F)nc2)c1. The summed E-state index contributed by atoms with van der Waals surface area (Å²) in [5.41, 5.74) is 2.59. The van der Waals surface area contributed by atoms with Gasteiger partial charge in [-0.3, -0.25) is 0 Å². The maximum absolute atomic E-state index is 13.4. The number of pyridine rings is 1. The number of rotatable bonds is 4. The number of esters is 1. The van der Waals surface area contributed by atoms with Gasteiger partial charge in [0.2, 0.25) is 5.95 Å². The van der Waals surface area contributed by atoms with Crippen molar-refractivity contribution in [2.75, 3.05) is 25.1 Å². The maximum Gasteiger partial charge on any atom is 0.337 e. The summed E-state index contributed by atoms with van der Waals surface area (Å²) in [7, 11) is 3.22. The fraction of sp³-hybridized carbons (Fsp3) is 0.318. The van der Waals surface area contributed by atoms with Crippen molar-refractivity contribution in [2.24, 2.45) is 7.05 Å². The van der Waals surface area contributed by atoms with E-state index in [9.17, 15) is 14.4 Å². The highest BCUT2D eigenvalue weighted by Crippen LogP contribution is 2.38. The highest BCUT2D eigenvalue weighted by atomic mass is 19.1. The Morgan fingerprint density at radius 3 is 2.65 bits per heavy atom. The number of aryl methyl sites for hydroxylation is 1. The molecule has 1 aliphatic rings. The third kappa shape index (κ3) is 3.97. The van der Waals surface area contributed by atoms with Crippen LogP contribution in [0.5, 0.6) is 0 Å². The third-order valence-electron chi connectivity index (χ3n) is 5.61. The van der Waals surface area contributed by atoms with Crippen molar-refractivity contribution >= 4 is 11.7 Å². The van der Waals surface area contributed by atoms with Crippen LogP contribution in [0.25, 0.3) is 11.1 Å². The Morgan fingerprint density at radius 1 is 1.29 bits per heavy atom. The molecule has 9 heteroatoms. The van der Waals surface area contributed by atoms with Crippen molar-refractivity contribution in [3.63, 3.8) is 0 Å². The highest BCUT2D eigenvalue weighted by molar-refractivity contribution is 5.95. The van der Waals surface area contributed by atoms with Crippen molar-refractivity contribution < 1.29 is 13.9 Å². The van der Waals surface area contributed by atoms with Gasteiger partial charge in [-0.1, -0.05) is 0 Å². The Bertz CT molecular complexity index is 1140. The minimum Gasteiger partial charge on any atom is -0.465 e. The molecule has 31 heavy (non-hydrogen) atoms. The van der Waals surface area contributed by atoms with E-state index in [2.05, 4.69) is 26.2 Å². The van der Waals surface area contributed by atoms with Gasteiger partial charge in [0.25, 0.3) is 0 Å². The first kappa shape index (κ1) is 20.5. The summed E-state index contributed by atoms with van der Waals surface area (Å²) >= 11 is 0. The minimum atomic E-state index is -0.598. The number of hydrogen-bond donors (Lipinski definition) is 0. The second-order valence-electron chi connectivity index (χ2n) is 7.45. The molecule has 0 saturated carbocycles. The molecule has 3 heterocycles. The van der Waals surface area contributed by atoms with Crippen LogP contribution in [-0.4, -0.2) is 45.9 Å². The summed E-state index contributed by atoms with van der Waals surface area (Å²) in [6.45, 7) is 1.40. The number of aromatic nitrogens is 4. The fourth-order valence-corrected chi connectivity index (χ4v) is 4.07. The summed E-state index contributed by atoms with van der Waals surface area (Å²) in [5.74, 6) is 0.0866. The first-order valence-corrected chi connectivity index (χ1v) is 9.89. The van der Waals surface area contributed by atoms with Crippen LogP contribution in [0.4, 0.5) is 10.1 Å². The number of anilines is 1. The van der Waals surface area contributed by atoms with Crippen molar-refractivity contribution in [3.8, 4) is 17.2 Å². The van der Waals surface area contributed by atoms with Crippen molar-refractivity contribution in [1.29, 1.82) is 5.26 Å². The Kier molecular flexibility index (Phi) is 5.62. The quantitative estimate of drug-likeness (QED) is 0.473. The largest absolute Gasteiger partial charge is 0.465 e. The highest BCUT2D eigenvalue weighted by Gasteiger charge is 2.28. The number of carbonyl (C=O) groups is 1. The van der Waals surface area contributed by atoms with Gasteiger partial charge >= 0.3 is 5.97 Å². The molecule has 1 aliphatic heterocycles. The summed E-state index contributed by atoms with van der Waals surface area (Å²) in [6, 6.07) is 8.27. The zero-order valence-electron chi connectivity index (χ0n) is 17.2. The maximum atomic E-state index is 13.4. The monoisotopic (exact) mass is 420 g/mol. The molecule has 0 aliphatic carbocycles. The van der Waals surface area contributed by atoms with E-state index in [-0.39, 0.29) is 11.5 Å². The number of nitrogens with zero attached hydrogens (tertiary/aromatic N) is 6. The number of halogens is 1. The second kappa shape index (κ2) is 8.52. The molecule has 158 valence electrons. The van der Waals surface area contributed by atoms with Gasteiger partial charge in [0.1, 0.15) is 18.2 Å². The Labute approximate surface area is 178 Å². The van der Waals surface area contributed by atoms with E-state index in [0.717, 1.165) is 18.7 Å². The molecule has 0 radical (unpaired) electrons. The molecule has 1 saturated heterocycles. The first-order valence-electron chi connectivity index (χ1n) is 9.89. The van der Waals surface area contributed by atoms with Gasteiger partial charge in [-0.2, -0.15) is 9.65 Å². The lowest BCUT2D eigenvalue weighted by Gasteiger charge is -2.35. The van der Waals surface area contributed by atoms with Crippen LogP contribution < -0.4 is 4.90 Å². The average Bonchev–Trinajstić information content (AvgIpc) is 3.24. The van der Waals surface area contributed by atoms with E-state index in [1.807, 2.05) is 11.6 Å². The molecular formula is C22H21FN6O2. The smallest absolute Gasteiger partial charge is 0.337 e. The predicted molar refractivity (Wildman–Crippen MR) is 111 cm³/mol. The summed E-state index contributed by atoms with van der Waals surface area (Å²) < 4.78 is 20.2. The summed E-state index contributed by atoms with van der Waals surface area (Å²) in [4.78, 5) is 18.1. The van der Waals surface area contributed by atoms with E-state index < -0.39 is 11.9 Å². The van der Waals surface area contributed by atoms with Gasteiger partial charge in [0, 0.05) is 43.4 Å². The molecule has 2 aromatic heterocycles. The first-order chi connectivity index (χ1) is 15.0. The molecule has 1 fully saturated rings. The molecule has 0 N–H and O–H groups in total. The van der Waals surface area contributed by atoms with Crippen LogP contribution >= 0.6 is 0 Å². The lowest BCUT2D eigenvalue weighted by Crippen LogP contribution is -2.34. The molecule has 0 spiro atoms. The number of nitriles is 1. The third-order valence-corrected chi connectivity index (χ3v) is 5.61. The number of carbonyl (C=O) groups excluding carboxylic acids is 1. The molecule has 3 aromatic rings. The topological polar surface area (TPSA) is 96.9 Å². The zero-order chi connectivity index (χ0) is 22.0. The van der Waals surface area contributed by atoms with Gasteiger partial charge in [0.15, 0.2) is 0 Å². The Morgan fingerprint density at radius 2 is 2.06 bits per heavy atom. The minimum absolute atomic E-state index is 0.260. The number of benzene rings is 1. The van der Waals surface area contributed by atoms with Gasteiger partial charge in [0.05, 0.1) is 23.9 Å². The Hall–Kier alpha value is -3.80. The van der Waals surface area contributed by atoms with Crippen LogP contribution in [0.2, 0.25) is 0 Å². The number of ether oxygens (including phenoxy) is 1. The average molecular weight is 420 g/mol. The standard InChI is InChI=1S/C22H21FN6O2/c1-28-13-26-27-21(28)14-5-7-29(8-6-14)20-17(11-24)9-16(22(30)31-2)10-18(20)15-3-4-19(23)25-12-15/h3-4,9-10,12-14H,5-8H2,1-2H3. The lowest BCUT2D eigenvalue weighted by molar-refractivity contribution is 0.0600. The molecule has 4 rings (SSSR count). The summed E-state index contributed by atoms with van der Waals surface area (Å²) in [6.07, 6.45) is 4.79. The number of piperidine rings is 1. The van der Waals surface area contributed by atoms with Gasteiger partial charge < -0.3 is 14.2 Å². The van der Waals surface area contributed by atoms with Crippen molar-refractivity contribution in [2.45, 2.75) is 18.8 Å². The van der Waals surface area contributed by atoms with Gasteiger partial charge in [-0.15, -0.1) is 10.2 Å². The lowest BCUT2D eigenvalue weighted by atomic mass is 9.92. The van der Waals surface area contributed by atoms with E-state index in [1.54, 1.807) is 18.5 Å². The molecule has 0 bridgehead atoms. The Balaban J connectivity index is 1.74. The predicted octanol–water partition coefficient (Wildman–Crippen LogP) is 3.06. The van der Waals surface area contributed by atoms with E-state index in [0.29, 0.717) is 35.5 Å². The molecule has 0 atom stereocenters. The van der Waals surface area contributed by atoms with Crippen LogP contribution in [0, 0.1) is 17.3 Å². The van der Waals surface area contributed by atoms with Crippen LogP contribution in [-0.2, 0) is 11.8 Å². The summed E-state index contributed by atoms with van der Waals surface area (Å²) in [5, 5.41) is 18.1. The fourth-order valence-electron chi connectivity index (χ4n) is 4.07. The van der Waals surface area contributed by atoms with Crippen LogP contribution in [0.3, 0.4) is 0 Å². The van der Waals surface area contributed by atoms with E-state index in [4.69, 9.17) is 4.74 Å². The molecule has 1 aromatic carbocycles.